The van der Waals surface area contributed by atoms with E-state index >= 15 is 0 Å². The summed E-state index contributed by atoms with van der Waals surface area (Å²) in [5, 5.41) is 4.28. The van der Waals surface area contributed by atoms with E-state index < -0.39 is 0 Å². The Kier molecular flexibility index (Phi) is 3.12. The summed E-state index contributed by atoms with van der Waals surface area (Å²) in [4.78, 5) is 12.1. The highest BCUT2D eigenvalue weighted by atomic mass is 15.0. The van der Waals surface area contributed by atoms with Gasteiger partial charge in [-0.3, -0.25) is 0 Å². The molecular weight excluding hydrogens is 238 g/mol. The van der Waals surface area contributed by atoms with Crippen molar-refractivity contribution in [3.05, 3.63) is 42.7 Å². The molecule has 5 nitrogen and oxygen atoms in total. The summed E-state index contributed by atoms with van der Waals surface area (Å²) in [5.74, 6) is 1.50. The number of nitrogens with two attached hydrogens (primary N) is 1. The largest absolute Gasteiger partial charge is 0.369 e. The second-order valence-electron chi connectivity index (χ2n) is 4.23. The van der Waals surface area contributed by atoms with E-state index in [0.29, 0.717) is 18.9 Å². The van der Waals surface area contributed by atoms with Crippen molar-refractivity contribution in [2.24, 2.45) is 5.73 Å². The molecular formula is C14H15N5. The van der Waals surface area contributed by atoms with Crippen molar-refractivity contribution in [2.75, 3.05) is 18.4 Å². The van der Waals surface area contributed by atoms with Crippen molar-refractivity contribution >= 4 is 16.7 Å². The number of benzene rings is 1. The predicted octanol–water partition coefficient (Wildman–Crippen LogP) is 2.00. The number of nitrogens with one attached hydrogen (secondary N) is 2. The zero-order valence-electron chi connectivity index (χ0n) is 10.4. The predicted molar refractivity (Wildman–Crippen MR) is 76.9 cm³/mol. The first-order chi connectivity index (χ1) is 9.38. The lowest BCUT2D eigenvalue weighted by atomic mass is 10.1. The molecule has 4 N–H and O–H groups in total. The third kappa shape index (κ3) is 2.28. The van der Waals surface area contributed by atoms with Gasteiger partial charge in [0.1, 0.15) is 5.82 Å². The molecule has 2 aromatic heterocycles. The number of anilines is 1. The molecule has 0 aliphatic heterocycles. The van der Waals surface area contributed by atoms with E-state index in [0.717, 1.165) is 22.3 Å². The second kappa shape index (κ2) is 5.07. The molecule has 19 heavy (non-hydrogen) atoms. The lowest BCUT2D eigenvalue weighted by Gasteiger charge is -2.04. The molecule has 0 bridgehead atoms. The molecule has 3 rings (SSSR count). The molecule has 0 radical (unpaired) electrons. The molecule has 0 saturated carbocycles. The maximum Gasteiger partial charge on any atom is 0.163 e. The van der Waals surface area contributed by atoms with E-state index in [2.05, 4.69) is 26.3 Å². The van der Waals surface area contributed by atoms with Gasteiger partial charge in [-0.2, -0.15) is 0 Å². The minimum Gasteiger partial charge on any atom is -0.369 e. The average Bonchev–Trinajstić information content (AvgIpc) is 2.89. The van der Waals surface area contributed by atoms with Gasteiger partial charge in [0.05, 0.1) is 0 Å². The molecule has 2 heterocycles. The van der Waals surface area contributed by atoms with Crippen LogP contribution in [-0.4, -0.2) is 28.0 Å². The monoisotopic (exact) mass is 253 g/mol. The van der Waals surface area contributed by atoms with Crippen molar-refractivity contribution in [1.82, 2.24) is 15.0 Å². The summed E-state index contributed by atoms with van der Waals surface area (Å²) in [7, 11) is 0. The Bertz CT molecular complexity index is 689. The van der Waals surface area contributed by atoms with E-state index in [1.54, 1.807) is 6.20 Å². The molecule has 3 aromatic rings. The Morgan fingerprint density at radius 2 is 2.11 bits per heavy atom. The molecule has 5 heteroatoms. The van der Waals surface area contributed by atoms with Gasteiger partial charge in [-0.15, -0.1) is 0 Å². The lowest BCUT2D eigenvalue weighted by molar-refractivity contribution is 1.01. The zero-order valence-corrected chi connectivity index (χ0v) is 10.4. The maximum atomic E-state index is 5.47. The Hall–Kier alpha value is -2.40. The first-order valence-corrected chi connectivity index (χ1v) is 6.22. The molecule has 0 saturated heterocycles. The second-order valence-corrected chi connectivity index (χ2v) is 4.23. The summed E-state index contributed by atoms with van der Waals surface area (Å²) in [6.07, 6.45) is 3.69. The van der Waals surface area contributed by atoms with Crippen LogP contribution in [0.25, 0.3) is 22.3 Å². The summed E-state index contributed by atoms with van der Waals surface area (Å²) >= 11 is 0. The van der Waals surface area contributed by atoms with E-state index in [1.165, 1.54) is 0 Å². The molecule has 0 fully saturated rings. The lowest BCUT2D eigenvalue weighted by Crippen LogP contribution is -2.14. The fraction of sp³-hybridized carbons (Fsp3) is 0.143. The van der Waals surface area contributed by atoms with Crippen molar-refractivity contribution < 1.29 is 0 Å². The molecule has 96 valence electrons. The van der Waals surface area contributed by atoms with Crippen LogP contribution in [0.2, 0.25) is 0 Å². The number of aromatic amines is 1. The van der Waals surface area contributed by atoms with Crippen LogP contribution in [0.3, 0.4) is 0 Å². The maximum absolute atomic E-state index is 5.47. The molecule has 0 atom stereocenters. The summed E-state index contributed by atoms with van der Waals surface area (Å²) in [6, 6.07) is 9.95. The summed E-state index contributed by atoms with van der Waals surface area (Å²) < 4.78 is 0. The standard InChI is InChI=1S/C14H15N5/c15-6-8-16-13-5-7-17-14(19-13)11-9-18-12-4-2-1-3-10(11)12/h1-5,7,9,18H,6,8,15H2,(H,16,17,19). The smallest absolute Gasteiger partial charge is 0.163 e. The molecule has 0 spiro atoms. The van der Waals surface area contributed by atoms with Crippen molar-refractivity contribution in [3.8, 4) is 11.4 Å². The number of para-hydroxylation sites is 1. The van der Waals surface area contributed by atoms with Crippen LogP contribution in [0, 0.1) is 0 Å². The van der Waals surface area contributed by atoms with Gasteiger partial charge in [0.25, 0.3) is 0 Å². The fourth-order valence-electron chi connectivity index (χ4n) is 2.04. The normalized spacial score (nSPS) is 10.8. The molecule has 0 aliphatic carbocycles. The molecule has 1 aromatic carbocycles. The van der Waals surface area contributed by atoms with Crippen LogP contribution in [0.15, 0.2) is 42.7 Å². The number of fused-ring (bicyclic) bond motifs is 1. The van der Waals surface area contributed by atoms with Gasteiger partial charge in [0, 0.05) is 41.9 Å². The summed E-state index contributed by atoms with van der Waals surface area (Å²) in [6.45, 7) is 1.27. The van der Waals surface area contributed by atoms with Gasteiger partial charge >= 0.3 is 0 Å². The third-order valence-electron chi connectivity index (χ3n) is 2.94. The van der Waals surface area contributed by atoms with Crippen molar-refractivity contribution in [2.45, 2.75) is 0 Å². The molecule has 0 unspecified atom stereocenters. The highest BCUT2D eigenvalue weighted by Crippen LogP contribution is 2.26. The van der Waals surface area contributed by atoms with Gasteiger partial charge in [-0.1, -0.05) is 18.2 Å². The Morgan fingerprint density at radius 3 is 3.00 bits per heavy atom. The van der Waals surface area contributed by atoms with Gasteiger partial charge in [0.15, 0.2) is 5.82 Å². The minimum atomic E-state index is 0.576. The van der Waals surface area contributed by atoms with E-state index in [1.807, 2.05) is 30.5 Å². The van der Waals surface area contributed by atoms with Crippen LogP contribution < -0.4 is 11.1 Å². The highest BCUT2D eigenvalue weighted by molar-refractivity contribution is 5.93. The minimum absolute atomic E-state index is 0.576. The van der Waals surface area contributed by atoms with Crippen molar-refractivity contribution in [3.63, 3.8) is 0 Å². The summed E-state index contributed by atoms with van der Waals surface area (Å²) in [5.41, 5.74) is 7.56. The Balaban J connectivity index is 2.01. The van der Waals surface area contributed by atoms with Gasteiger partial charge in [0.2, 0.25) is 0 Å². The van der Waals surface area contributed by atoms with Crippen LogP contribution in [0.1, 0.15) is 0 Å². The number of nitrogens with zero attached hydrogens (tertiary/aromatic N) is 2. The van der Waals surface area contributed by atoms with Crippen LogP contribution in [-0.2, 0) is 0 Å². The molecule has 0 amide bonds. The number of hydrogen-bond acceptors (Lipinski definition) is 4. The number of aromatic nitrogens is 3. The highest BCUT2D eigenvalue weighted by Gasteiger charge is 2.08. The van der Waals surface area contributed by atoms with Gasteiger partial charge < -0.3 is 16.0 Å². The first-order valence-electron chi connectivity index (χ1n) is 6.22. The Morgan fingerprint density at radius 1 is 1.21 bits per heavy atom. The third-order valence-corrected chi connectivity index (χ3v) is 2.94. The van der Waals surface area contributed by atoms with E-state index in [4.69, 9.17) is 5.73 Å². The van der Waals surface area contributed by atoms with Gasteiger partial charge in [-0.25, -0.2) is 9.97 Å². The average molecular weight is 253 g/mol. The van der Waals surface area contributed by atoms with E-state index in [-0.39, 0.29) is 0 Å². The number of hydrogen-bond donors (Lipinski definition) is 3. The SMILES string of the molecule is NCCNc1ccnc(-c2c[nH]c3ccccc23)n1. The first kappa shape index (κ1) is 11.7. The Labute approximate surface area is 110 Å². The van der Waals surface area contributed by atoms with E-state index in [9.17, 15) is 0 Å². The zero-order chi connectivity index (χ0) is 13.1. The van der Waals surface area contributed by atoms with Crippen LogP contribution in [0.5, 0.6) is 0 Å². The van der Waals surface area contributed by atoms with Gasteiger partial charge in [-0.05, 0) is 12.1 Å². The number of rotatable bonds is 4. The topological polar surface area (TPSA) is 79.6 Å². The quantitative estimate of drug-likeness (QED) is 0.664. The number of H-pyrrole nitrogens is 1. The van der Waals surface area contributed by atoms with Crippen LogP contribution >= 0.6 is 0 Å². The van der Waals surface area contributed by atoms with Crippen molar-refractivity contribution in [1.29, 1.82) is 0 Å². The molecule has 0 aliphatic rings. The van der Waals surface area contributed by atoms with Crippen LogP contribution in [0.4, 0.5) is 5.82 Å². The fourth-order valence-corrected chi connectivity index (χ4v) is 2.04.